The van der Waals surface area contributed by atoms with Gasteiger partial charge in [-0.15, -0.1) is 0 Å². The quantitative estimate of drug-likeness (QED) is 0.895. The van der Waals surface area contributed by atoms with Gasteiger partial charge in [-0.2, -0.15) is 0 Å². The fourth-order valence-corrected chi connectivity index (χ4v) is 2.53. The summed E-state index contributed by atoms with van der Waals surface area (Å²) in [7, 11) is 1.82. The molecule has 108 valence electrons. The lowest BCUT2D eigenvalue weighted by molar-refractivity contribution is -0.139. The highest BCUT2D eigenvalue weighted by molar-refractivity contribution is 5.94. The van der Waals surface area contributed by atoms with Crippen LogP contribution in [0.25, 0.3) is 0 Å². The second-order valence-corrected chi connectivity index (χ2v) is 5.06. The van der Waals surface area contributed by atoms with Gasteiger partial charge in [0.25, 0.3) is 5.91 Å². The summed E-state index contributed by atoms with van der Waals surface area (Å²) in [6.45, 7) is -0.407. The van der Waals surface area contributed by atoms with Crippen molar-refractivity contribution in [2.24, 2.45) is 0 Å². The average molecular weight is 277 g/mol. The van der Waals surface area contributed by atoms with E-state index in [2.05, 4.69) is 0 Å². The van der Waals surface area contributed by atoms with Gasteiger partial charge in [-0.05, 0) is 31.0 Å². The molecule has 1 aliphatic carbocycles. The van der Waals surface area contributed by atoms with Crippen molar-refractivity contribution in [3.63, 3.8) is 0 Å². The minimum atomic E-state index is -1.04. The van der Waals surface area contributed by atoms with Crippen LogP contribution in [0.15, 0.2) is 24.3 Å². The van der Waals surface area contributed by atoms with Gasteiger partial charge in [0.15, 0.2) is 6.61 Å². The molecular formula is C15H19NO4. The number of hydrogen-bond acceptors (Lipinski definition) is 3. The monoisotopic (exact) mass is 277 g/mol. The molecule has 1 aliphatic rings. The van der Waals surface area contributed by atoms with Crippen LogP contribution in [0.2, 0.25) is 0 Å². The van der Waals surface area contributed by atoms with E-state index in [1.807, 2.05) is 7.05 Å². The highest BCUT2D eigenvalue weighted by Crippen LogP contribution is 2.24. The first-order valence-electron chi connectivity index (χ1n) is 6.80. The average Bonchev–Trinajstić information content (AvgIpc) is 2.98. The minimum Gasteiger partial charge on any atom is -0.482 e. The largest absolute Gasteiger partial charge is 0.482 e. The van der Waals surface area contributed by atoms with Gasteiger partial charge in [-0.25, -0.2) is 4.79 Å². The lowest BCUT2D eigenvalue weighted by Crippen LogP contribution is -2.35. The number of ether oxygens (including phenoxy) is 1. The molecule has 0 radical (unpaired) electrons. The Labute approximate surface area is 118 Å². The normalized spacial score (nSPS) is 15.1. The van der Waals surface area contributed by atoms with Gasteiger partial charge < -0.3 is 14.7 Å². The van der Waals surface area contributed by atoms with Crippen LogP contribution in [-0.4, -0.2) is 41.6 Å². The molecule has 0 atom stereocenters. The zero-order chi connectivity index (χ0) is 14.5. The van der Waals surface area contributed by atoms with Crippen LogP contribution in [0, 0.1) is 0 Å². The van der Waals surface area contributed by atoms with Gasteiger partial charge in [0.05, 0.1) is 0 Å². The van der Waals surface area contributed by atoms with Crippen LogP contribution < -0.4 is 4.74 Å². The van der Waals surface area contributed by atoms with Crippen molar-refractivity contribution in [2.45, 2.75) is 31.7 Å². The van der Waals surface area contributed by atoms with Crippen molar-refractivity contribution in [2.75, 3.05) is 13.7 Å². The zero-order valence-electron chi connectivity index (χ0n) is 11.5. The van der Waals surface area contributed by atoms with Gasteiger partial charge in [0, 0.05) is 18.7 Å². The number of carboxylic acids is 1. The van der Waals surface area contributed by atoms with E-state index in [1.165, 1.54) is 12.8 Å². The van der Waals surface area contributed by atoms with Crippen molar-refractivity contribution < 1.29 is 19.4 Å². The van der Waals surface area contributed by atoms with Crippen LogP contribution in [-0.2, 0) is 4.79 Å². The molecule has 0 aliphatic heterocycles. The van der Waals surface area contributed by atoms with E-state index >= 15 is 0 Å². The Kier molecular flexibility index (Phi) is 4.61. The van der Waals surface area contributed by atoms with Crippen molar-refractivity contribution >= 4 is 11.9 Å². The Morgan fingerprint density at radius 3 is 2.70 bits per heavy atom. The standard InChI is InChI=1S/C15H19NO4/c1-16(12-6-2-3-7-12)15(19)11-5-4-8-13(9-11)20-10-14(17)18/h4-5,8-9,12H,2-3,6-7,10H2,1H3,(H,17,18). The molecule has 5 heteroatoms. The number of carboxylic acid groups (broad SMARTS) is 1. The number of nitrogens with zero attached hydrogens (tertiary/aromatic N) is 1. The first-order chi connectivity index (χ1) is 9.58. The molecule has 0 heterocycles. The summed E-state index contributed by atoms with van der Waals surface area (Å²) < 4.78 is 5.09. The second kappa shape index (κ2) is 6.41. The van der Waals surface area contributed by atoms with Gasteiger partial charge in [-0.1, -0.05) is 18.9 Å². The molecule has 1 N–H and O–H groups in total. The van der Waals surface area contributed by atoms with Crippen LogP contribution in [0.5, 0.6) is 5.75 Å². The van der Waals surface area contributed by atoms with Crippen molar-refractivity contribution in [1.82, 2.24) is 4.90 Å². The predicted octanol–water partition coefficient (Wildman–Crippen LogP) is 2.16. The van der Waals surface area contributed by atoms with E-state index in [4.69, 9.17) is 9.84 Å². The second-order valence-electron chi connectivity index (χ2n) is 5.06. The summed E-state index contributed by atoms with van der Waals surface area (Å²) in [4.78, 5) is 24.6. The topological polar surface area (TPSA) is 66.8 Å². The van der Waals surface area contributed by atoms with Crippen LogP contribution in [0.4, 0.5) is 0 Å². The highest BCUT2D eigenvalue weighted by atomic mass is 16.5. The maximum atomic E-state index is 12.4. The number of hydrogen-bond donors (Lipinski definition) is 1. The number of carbonyl (C=O) groups is 2. The van der Waals surface area contributed by atoms with E-state index in [0.29, 0.717) is 17.4 Å². The molecule has 1 amide bonds. The summed E-state index contributed by atoms with van der Waals surface area (Å²) >= 11 is 0. The first kappa shape index (κ1) is 14.4. The number of carbonyl (C=O) groups excluding carboxylic acids is 1. The molecule has 2 rings (SSSR count). The van der Waals surface area contributed by atoms with Gasteiger partial charge in [-0.3, -0.25) is 4.79 Å². The SMILES string of the molecule is CN(C(=O)c1cccc(OCC(=O)O)c1)C1CCCC1. The molecule has 5 nitrogen and oxygen atoms in total. The van der Waals surface area contributed by atoms with E-state index in [9.17, 15) is 9.59 Å². The lowest BCUT2D eigenvalue weighted by atomic mass is 10.1. The molecule has 1 fully saturated rings. The molecule has 0 aromatic heterocycles. The van der Waals surface area contributed by atoms with E-state index in [-0.39, 0.29) is 5.91 Å². The van der Waals surface area contributed by atoms with E-state index < -0.39 is 12.6 Å². The summed E-state index contributed by atoms with van der Waals surface area (Å²) in [5.74, 6) is -0.680. The van der Waals surface area contributed by atoms with E-state index in [0.717, 1.165) is 12.8 Å². The fraction of sp³-hybridized carbons (Fsp3) is 0.467. The third kappa shape index (κ3) is 3.50. The van der Waals surface area contributed by atoms with Gasteiger partial charge in [0.2, 0.25) is 0 Å². The smallest absolute Gasteiger partial charge is 0.341 e. The maximum Gasteiger partial charge on any atom is 0.341 e. The molecule has 1 aromatic rings. The molecule has 0 unspecified atom stereocenters. The number of rotatable bonds is 5. The minimum absolute atomic E-state index is 0.0438. The van der Waals surface area contributed by atoms with Crippen LogP contribution in [0.3, 0.4) is 0 Å². The Morgan fingerprint density at radius 2 is 2.05 bits per heavy atom. The molecule has 0 bridgehead atoms. The Balaban J connectivity index is 2.05. The lowest BCUT2D eigenvalue weighted by Gasteiger charge is -2.24. The molecule has 0 spiro atoms. The van der Waals surface area contributed by atoms with Gasteiger partial charge in [0.1, 0.15) is 5.75 Å². The van der Waals surface area contributed by atoms with E-state index in [1.54, 1.807) is 29.2 Å². The molecule has 1 saturated carbocycles. The summed E-state index contributed by atoms with van der Waals surface area (Å²) in [6, 6.07) is 6.98. The number of benzene rings is 1. The van der Waals surface area contributed by atoms with Crippen molar-refractivity contribution in [1.29, 1.82) is 0 Å². The van der Waals surface area contributed by atoms with Crippen molar-refractivity contribution in [3.05, 3.63) is 29.8 Å². The third-order valence-electron chi connectivity index (χ3n) is 3.64. The third-order valence-corrected chi connectivity index (χ3v) is 3.64. The zero-order valence-corrected chi connectivity index (χ0v) is 11.5. The first-order valence-corrected chi connectivity index (χ1v) is 6.80. The van der Waals surface area contributed by atoms with Gasteiger partial charge >= 0.3 is 5.97 Å². The van der Waals surface area contributed by atoms with Crippen LogP contribution >= 0.6 is 0 Å². The van der Waals surface area contributed by atoms with Crippen LogP contribution in [0.1, 0.15) is 36.0 Å². The summed E-state index contributed by atoms with van der Waals surface area (Å²) in [5, 5.41) is 8.58. The molecule has 20 heavy (non-hydrogen) atoms. The highest BCUT2D eigenvalue weighted by Gasteiger charge is 2.24. The fourth-order valence-electron chi connectivity index (χ4n) is 2.53. The number of aliphatic carboxylic acids is 1. The Bertz CT molecular complexity index is 494. The molecular weight excluding hydrogens is 258 g/mol. The Hall–Kier alpha value is -2.04. The molecule has 0 saturated heterocycles. The van der Waals surface area contributed by atoms with Crippen molar-refractivity contribution in [3.8, 4) is 5.75 Å². The predicted molar refractivity (Wildman–Crippen MR) is 73.9 cm³/mol. The number of amides is 1. The summed E-state index contributed by atoms with van der Waals surface area (Å²) in [6.07, 6.45) is 4.45. The Morgan fingerprint density at radius 1 is 1.35 bits per heavy atom. The molecule has 1 aromatic carbocycles. The maximum absolute atomic E-state index is 12.4. The summed E-state index contributed by atoms with van der Waals surface area (Å²) in [5.41, 5.74) is 0.530.